The first-order valence-corrected chi connectivity index (χ1v) is 9.18. The van der Waals surface area contributed by atoms with E-state index in [0.717, 1.165) is 0 Å². The molecular weight excluding hydrogens is 394 g/mol. The Morgan fingerprint density at radius 2 is 1.73 bits per heavy atom. The second kappa shape index (κ2) is 12.9. The summed E-state index contributed by atoms with van der Waals surface area (Å²) in [6, 6.07) is 9.90. The van der Waals surface area contributed by atoms with E-state index in [1.807, 2.05) is 0 Å². The van der Waals surface area contributed by atoms with Crippen LogP contribution in [0.2, 0.25) is 0 Å². The van der Waals surface area contributed by atoms with Gasteiger partial charge in [-0.3, -0.25) is 19.4 Å². The number of carboxylic acid groups (broad SMARTS) is 1. The van der Waals surface area contributed by atoms with Crippen LogP contribution in [0.15, 0.2) is 42.6 Å². The molecule has 3 N–H and O–H groups in total. The fourth-order valence-corrected chi connectivity index (χ4v) is 2.23. The lowest BCUT2D eigenvalue weighted by atomic mass is 10.3. The molecule has 10 nitrogen and oxygen atoms in total. The summed E-state index contributed by atoms with van der Waals surface area (Å²) in [6.45, 7) is 1.29. The van der Waals surface area contributed by atoms with Gasteiger partial charge < -0.3 is 30.0 Å². The summed E-state index contributed by atoms with van der Waals surface area (Å²) < 4.78 is 16.1. The standard InChI is InChI=1S/C20H23N3O7/c24-14-23-15-1-3-16(4-2-15)30-17-5-7-21-18(13-17)20(27)22-8-10-29-12-11-28-9-6-19(25)26/h1-5,7,13-14H,6,8-12H2,(H,22,27)(H,23,24)(H,25,26). The first kappa shape index (κ1) is 22.8. The third-order valence-electron chi connectivity index (χ3n) is 3.64. The molecular formula is C20H23N3O7. The first-order valence-electron chi connectivity index (χ1n) is 9.18. The molecule has 30 heavy (non-hydrogen) atoms. The van der Waals surface area contributed by atoms with Gasteiger partial charge in [0, 0.05) is 24.5 Å². The van der Waals surface area contributed by atoms with Gasteiger partial charge in [0.15, 0.2) is 0 Å². The Morgan fingerprint density at radius 3 is 2.43 bits per heavy atom. The second-order valence-electron chi connectivity index (χ2n) is 5.89. The highest BCUT2D eigenvalue weighted by molar-refractivity contribution is 5.92. The molecule has 0 saturated carbocycles. The lowest BCUT2D eigenvalue weighted by molar-refractivity contribution is -0.138. The zero-order valence-electron chi connectivity index (χ0n) is 16.2. The van der Waals surface area contributed by atoms with Crippen LogP contribution in [-0.4, -0.2) is 61.3 Å². The van der Waals surface area contributed by atoms with Gasteiger partial charge in [-0.15, -0.1) is 0 Å². The summed E-state index contributed by atoms with van der Waals surface area (Å²) in [5.41, 5.74) is 0.838. The van der Waals surface area contributed by atoms with Gasteiger partial charge in [0.05, 0.1) is 32.8 Å². The van der Waals surface area contributed by atoms with Gasteiger partial charge in [-0.2, -0.15) is 0 Å². The van der Waals surface area contributed by atoms with E-state index in [1.54, 1.807) is 30.3 Å². The Balaban J connectivity index is 1.70. The highest BCUT2D eigenvalue weighted by Gasteiger charge is 2.08. The molecule has 0 aliphatic carbocycles. The molecule has 0 bridgehead atoms. The molecule has 1 heterocycles. The number of pyridine rings is 1. The number of hydrogen-bond donors (Lipinski definition) is 3. The summed E-state index contributed by atoms with van der Waals surface area (Å²) >= 11 is 0. The number of benzene rings is 1. The first-order chi connectivity index (χ1) is 14.6. The molecule has 0 atom stereocenters. The molecule has 0 saturated heterocycles. The number of carbonyl (C=O) groups excluding carboxylic acids is 2. The molecule has 0 aliphatic heterocycles. The van der Waals surface area contributed by atoms with Crippen LogP contribution >= 0.6 is 0 Å². The van der Waals surface area contributed by atoms with Crippen LogP contribution in [0.4, 0.5) is 5.69 Å². The fourth-order valence-electron chi connectivity index (χ4n) is 2.23. The van der Waals surface area contributed by atoms with E-state index in [2.05, 4.69) is 15.6 Å². The Kier molecular flexibility index (Phi) is 9.77. The number of anilines is 1. The smallest absolute Gasteiger partial charge is 0.305 e. The van der Waals surface area contributed by atoms with Gasteiger partial charge in [-0.25, -0.2) is 0 Å². The monoisotopic (exact) mass is 417 g/mol. The van der Waals surface area contributed by atoms with E-state index in [9.17, 15) is 14.4 Å². The fraction of sp³-hybridized carbons (Fsp3) is 0.300. The molecule has 0 unspecified atom stereocenters. The number of rotatable bonds is 14. The van der Waals surface area contributed by atoms with Gasteiger partial charge in [-0.05, 0) is 30.3 Å². The third-order valence-corrected chi connectivity index (χ3v) is 3.64. The maximum absolute atomic E-state index is 12.2. The Hall–Kier alpha value is -3.50. The minimum absolute atomic E-state index is 0.0471. The SMILES string of the molecule is O=CNc1ccc(Oc2ccnc(C(=O)NCCOCCOCCC(=O)O)c2)cc1. The van der Waals surface area contributed by atoms with Crippen molar-refractivity contribution in [3.8, 4) is 11.5 Å². The van der Waals surface area contributed by atoms with E-state index in [1.165, 1.54) is 12.3 Å². The van der Waals surface area contributed by atoms with E-state index >= 15 is 0 Å². The Bertz CT molecular complexity index is 827. The van der Waals surface area contributed by atoms with Crippen molar-refractivity contribution in [3.05, 3.63) is 48.3 Å². The van der Waals surface area contributed by atoms with Crippen molar-refractivity contribution in [2.75, 3.05) is 38.3 Å². The van der Waals surface area contributed by atoms with Crippen LogP contribution in [0.25, 0.3) is 0 Å². The topological polar surface area (TPSA) is 136 Å². The van der Waals surface area contributed by atoms with Crippen LogP contribution in [0.1, 0.15) is 16.9 Å². The number of aromatic nitrogens is 1. The van der Waals surface area contributed by atoms with E-state index in [-0.39, 0.29) is 44.4 Å². The molecule has 0 radical (unpaired) electrons. The van der Waals surface area contributed by atoms with Crippen LogP contribution in [0.5, 0.6) is 11.5 Å². The minimum Gasteiger partial charge on any atom is -0.481 e. The number of nitrogens with one attached hydrogen (secondary N) is 2. The number of nitrogens with zero attached hydrogens (tertiary/aromatic N) is 1. The molecule has 0 aliphatic rings. The van der Waals surface area contributed by atoms with Crippen LogP contribution < -0.4 is 15.4 Å². The summed E-state index contributed by atoms with van der Waals surface area (Å²) in [6.07, 6.45) is 2.01. The maximum Gasteiger partial charge on any atom is 0.305 e. The average Bonchev–Trinajstić information content (AvgIpc) is 2.74. The van der Waals surface area contributed by atoms with Gasteiger partial charge in [0.25, 0.3) is 5.91 Å². The third kappa shape index (κ3) is 8.67. The molecule has 160 valence electrons. The lowest BCUT2D eigenvalue weighted by Gasteiger charge is -2.09. The number of amides is 2. The highest BCUT2D eigenvalue weighted by Crippen LogP contribution is 2.23. The zero-order valence-corrected chi connectivity index (χ0v) is 16.2. The number of hydrogen-bond acceptors (Lipinski definition) is 7. The van der Waals surface area contributed by atoms with E-state index in [0.29, 0.717) is 30.2 Å². The summed E-state index contributed by atoms with van der Waals surface area (Å²) in [4.78, 5) is 37.0. The van der Waals surface area contributed by atoms with Crippen LogP contribution in [0, 0.1) is 0 Å². The van der Waals surface area contributed by atoms with Gasteiger partial charge >= 0.3 is 5.97 Å². The minimum atomic E-state index is -0.911. The Labute approximate surface area is 173 Å². The van der Waals surface area contributed by atoms with Crippen molar-refractivity contribution >= 4 is 24.0 Å². The highest BCUT2D eigenvalue weighted by atomic mass is 16.5. The van der Waals surface area contributed by atoms with Crippen molar-refractivity contribution in [3.63, 3.8) is 0 Å². The molecule has 2 amide bonds. The van der Waals surface area contributed by atoms with Crippen LogP contribution in [-0.2, 0) is 19.1 Å². The Morgan fingerprint density at radius 1 is 1.00 bits per heavy atom. The number of ether oxygens (including phenoxy) is 3. The number of carboxylic acids is 1. The van der Waals surface area contributed by atoms with Crippen molar-refractivity contribution < 1.29 is 33.7 Å². The zero-order chi connectivity index (χ0) is 21.6. The lowest BCUT2D eigenvalue weighted by Crippen LogP contribution is -2.28. The van der Waals surface area contributed by atoms with Crippen molar-refractivity contribution in [1.82, 2.24) is 10.3 Å². The van der Waals surface area contributed by atoms with Crippen molar-refractivity contribution in [2.24, 2.45) is 0 Å². The van der Waals surface area contributed by atoms with Crippen molar-refractivity contribution in [1.29, 1.82) is 0 Å². The summed E-state index contributed by atoms with van der Waals surface area (Å²) in [5.74, 6) is -0.289. The molecule has 2 rings (SSSR count). The molecule has 2 aromatic rings. The predicted molar refractivity (Wildman–Crippen MR) is 107 cm³/mol. The predicted octanol–water partition coefficient (Wildman–Crippen LogP) is 1.68. The maximum atomic E-state index is 12.2. The van der Waals surface area contributed by atoms with E-state index < -0.39 is 5.97 Å². The molecule has 1 aromatic heterocycles. The van der Waals surface area contributed by atoms with Gasteiger partial charge in [0.2, 0.25) is 6.41 Å². The second-order valence-corrected chi connectivity index (χ2v) is 5.89. The molecule has 1 aromatic carbocycles. The molecule has 0 spiro atoms. The number of carbonyl (C=O) groups is 3. The van der Waals surface area contributed by atoms with Gasteiger partial charge in [0.1, 0.15) is 17.2 Å². The van der Waals surface area contributed by atoms with E-state index in [4.69, 9.17) is 19.3 Å². The average molecular weight is 417 g/mol. The molecule has 0 fully saturated rings. The van der Waals surface area contributed by atoms with Crippen molar-refractivity contribution in [2.45, 2.75) is 6.42 Å². The molecule has 10 heteroatoms. The van der Waals surface area contributed by atoms with Gasteiger partial charge in [-0.1, -0.05) is 0 Å². The quantitative estimate of drug-likeness (QED) is 0.312. The largest absolute Gasteiger partial charge is 0.481 e. The summed E-state index contributed by atoms with van der Waals surface area (Å²) in [7, 11) is 0. The normalized spacial score (nSPS) is 10.3. The number of aliphatic carboxylic acids is 1. The summed E-state index contributed by atoms with van der Waals surface area (Å²) in [5, 5.41) is 13.7. The van der Waals surface area contributed by atoms with Crippen LogP contribution in [0.3, 0.4) is 0 Å².